The van der Waals surface area contributed by atoms with Gasteiger partial charge in [-0.15, -0.1) is 0 Å². The van der Waals surface area contributed by atoms with E-state index in [0.29, 0.717) is 18.6 Å². The summed E-state index contributed by atoms with van der Waals surface area (Å²) in [5.41, 5.74) is -1.71. The predicted octanol–water partition coefficient (Wildman–Crippen LogP) is 5.50. The van der Waals surface area contributed by atoms with Crippen LogP contribution in [0.15, 0.2) is 60.7 Å². The number of carboxylic acids is 1. The molecule has 12 nitrogen and oxygen atoms in total. The second kappa shape index (κ2) is 21.6. The number of esters is 4. The summed E-state index contributed by atoms with van der Waals surface area (Å²) in [6, 6.07) is 18.7. The van der Waals surface area contributed by atoms with E-state index < -0.39 is 53.2 Å². The normalized spacial score (nSPS) is 14.6. The van der Waals surface area contributed by atoms with Gasteiger partial charge < -0.3 is 33.9 Å². The predicted molar refractivity (Wildman–Crippen MR) is 183 cm³/mol. The molecule has 0 amide bonds. The van der Waals surface area contributed by atoms with Crippen LogP contribution in [0.25, 0.3) is 0 Å². The second-order valence-corrected chi connectivity index (χ2v) is 12.9. The number of aliphatic hydroxyl groups is 1. The largest absolute Gasteiger partial charge is 0.490 e. The quantitative estimate of drug-likeness (QED) is 0.0802. The number of rotatable bonds is 24. The lowest BCUT2D eigenvalue weighted by molar-refractivity contribution is -0.169. The van der Waals surface area contributed by atoms with Gasteiger partial charge in [-0.1, -0.05) is 68.8 Å². The SMILES string of the molecule is CCCC(CC(C)(CC(C)(CC(C)c1ccccc1)C(=O)OCCOC(=O)CCC(=O)O)C(=O)OCCO)C(=O)OCCOc1ccccc1. The zero-order chi connectivity index (χ0) is 37.0. The molecular formula is C38H52O12. The van der Waals surface area contributed by atoms with Gasteiger partial charge in [0, 0.05) is 0 Å². The fraction of sp³-hybridized carbons (Fsp3) is 0.553. The van der Waals surface area contributed by atoms with Gasteiger partial charge in [0.25, 0.3) is 0 Å². The molecule has 12 heteroatoms. The van der Waals surface area contributed by atoms with Gasteiger partial charge in [-0.2, -0.15) is 0 Å². The van der Waals surface area contributed by atoms with Crippen molar-refractivity contribution in [2.45, 2.75) is 78.6 Å². The number of carbonyl (C=O) groups is 5. The lowest BCUT2D eigenvalue weighted by Gasteiger charge is -2.39. The van der Waals surface area contributed by atoms with Crippen molar-refractivity contribution in [3.63, 3.8) is 0 Å². The third-order valence-electron chi connectivity index (χ3n) is 8.35. The standard InChI is InChI=1S/C38H52O12/c1-5-12-30(34(43)48-23-21-46-31-15-10-7-11-16-31)26-38(4,36(45)49-20-19-39)27-37(3,25-28(2)29-13-8-6-9-14-29)35(44)50-24-22-47-33(42)18-17-32(40)41/h6-11,13-16,28,30,39H,5,12,17-27H2,1-4H3,(H,40,41). The molecule has 0 aliphatic heterocycles. The summed E-state index contributed by atoms with van der Waals surface area (Å²) in [5.74, 6) is -3.91. The number of hydrogen-bond acceptors (Lipinski definition) is 11. The van der Waals surface area contributed by atoms with Gasteiger partial charge >= 0.3 is 29.8 Å². The molecule has 0 radical (unpaired) electrons. The Morgan fingerprint density at radius 3 is 1.88 bits per heavy atom. The van der Waals surface area contributed by atoms with Crippen LogP contribution < -0.4 is 4.74 Å². The van der Waals surface area contributed by atoms with Crippen molar-refractivity contribution < 1.29 is 57.9 Å². The van der Waals surface area contributed by atoms with Crippen molar-refractivity contribution in [3.8, 4) is 5.75 Å². The summed E-state index contributed by atoms with van der Waals surface area (Å²) in [7, 11) is 0. The fourth-order valence-corrected chi connectivity index (χ4v) is 6.08. The first-order chi connectivity index (χ1) is 23.8. The summed E-state index contributed by atoms with van der Waals surface area (Å²) in [5, 5.41) is 18.2. The van der Waals surface area contributed by atoms with E-state index >= 15 is 0 Å². The summed E-state index contributed by atoms with van der Waals surface area (Å²) in [4.78, 5) is 63.6. The van der Waals surface area contributed by atoms with Crippen molar-refractivity contribution in [1.82, 2.24) is 0 Å². The molecule has 276 valence electrons. The molecule has 0 spiro atoms. The van der Waals surface area contributed by atoms with Crippen LogP contribution >= 0.6 is 0 Å². The third kappa shape index (κ3) is 14.6. The average Bonchev–Trinajstić information content (AvgIpc) is 3.10. The lowest BCUT2D eigenvalue weighted by Crippen LogP contribution is -2.43. The Labute approximate surface area is 294 Å². The highest BCUT2D eigenvalue weighted by molar-refractivity contribution is 5.82. The zero-order valence-electron chi connectivity index (χ0n) is 29.6. The Bertz CT molecular complexity index is 1350. The first-order valence-electron chi connectivity index (χ1n) is 17.1. The summed E-state index contributed by atoms with van der Waals surface area (Å²) in [6.45, 7) is 6.13. The molecular weight excluding hydrogens is 648 g/mol. The Kier molecular flexibility index (Phi) is 18.0. The van der Waals surface area contributed by atoms with E-state index in [1.165, 1.54) is 0 Å². The maximum atomic E-state index is 13.9. The molecule has 0 heterocycles. The van der Waals surface area contributed by atoms with E-state index in [-0.39, 0.29) is 71.1 Å². The molecule has 0 bridgehead atoms. The maximum Gasteiger partial charge on any atom is 0.311 e. The molecule has 4 atom stereocenters. The van der Waals surface area contributed by atoms with Crippen LogP contribution in [0.4, 0.5) is 0 Å². The highest BCUT2D eigenvalue weighted by atomic mass is 16.6. The van der Waals surface area contributed by atoms with Gasteiger partial charge in [0.05, 0.1) is 36.2 Å². The molecule has 0 saturated carbocycles. The molecule has 2 N–H and O–H groups in total. The number of para-hydroxylation sites is 1. The summed E-state index contributed by atoms with van der Waals surface area (Å²) in [6.07, 6.45) is 0.541. The van der Waals surface area contributed by atoms with E-state index in [1.54, 1.807) is 26.0 Å². The number of ether oxygens (including phenoxy) is 5. The first-order valence-corrected chi connectivity index (χ1v) is 17.1. The average molecular weight is 701 g/mol. The highest BCUT2D eigenvalue weighted by Crippen LogP contribution is 2.46. The molecule has 0 saturated heterocycles. The first kappa shape index (κ1) is 41.7. The number of benzene rings is 2. The minimum absolute atomic E-state index is 0.000865. The van der Waals surface area contributed by atoms with Crippen molar-refractivity contribution in [2.24, 2.45) is 16.7 Å². The fourth-order valence-electron chi connectivity index (χ4n) is 6.08. The number of aliphatic carboxylic acids is 1. The van der Waals surface area contributed by atoms with Crippen LogP contribution in [0.1, 0.15) is 84.1 Å². The lowest BCUT2D eigenvalue weighted by atomic mass is 9.65. The molecule has 50 heavy (non-hydrogen) atoms. The number of hydrogen-bond donors (Lipinski definition) is 2. The van der Waals surface area contributed by atoms with Gasteiger partial charge in [0.1, 0.15) is 38.8 Å². The molecule has 2 aromatic rings. The van der Waals surface area contributed by atoms with Gasteiger partial charge in [0.15, 0.2) is 0 Å². The van der Waals surface area contributed by atoms with Crippen LogP contribution in [0, 0.1) is 16.7 Å². The Morgan fingerprint density at radius 2 is 1.28 bits per heavy atom. The summed E-state index contributed by atoms with van der Waals surface area (Å²) >= 11 is 0. The van der Waals surface area contributed by atoms with Crippen LogP contribution in [0.3, 0.4) is 0 Å². The minimum Gasteiger partial charge on any atom is -0.490 e. The van der Waals surface area contributed by atoms with Crippen molar-refractivity contribution in [3.05, 3.63) is 66.2 Å². The highest BCUT2D eigenvalue weighted by Gasteiger charge is 2.49. The molecule has 4 unspecified atom stereocenters. The van der Waals surface area contributed by atoms with E-state index in [2.05, 4.69) is 0 Å². The van der Waals surface area contributed by atoms with E-state index in [9.17, 15) is 29.1 Å². The van der Waals surface area contributed by atoms with Crippen molar-refractivity contribution >= 4 is 29.8 Å². The van der Waals surface area contributed by atoms with Crippen LogP contribution in [0.5, 0.6) is 5.75 Å². The maximum absolute atomic E-state index is 13.9. The van der Waals surface area contributed by atoms with Crippen LogP contribution in [-0.4, -0.2) is 79.7 Å². The summed E-state index contributed by atoms with van der Waals surface area (Å²) < 4.78 is 27.3. The Morgan fingerprint density at radius 1 is 0.720 bits per heavy atom. The Hall–Kier alpha value is -4.45. The number of carbonyl (C=O) groups excluding carboxylic acids is 4. The van der Waals surface area contributed by atoms with E-state index in [4.69, 9.17) is 28.8 Å². The molecule has 2 aromatic carbocycles. The third-order valence-corrected chi connectivity index (χ3v) is 8.35. The monoisotopic (exact) mass is 700 g/mol. The van der Waals surface area contributed by atoms with Crippen molar-refractivity contribution in [2.75, 3.05) is 39.6 Å². The number of carboxylic acid groups (broad SMARTS) is 1. The van der Waals surface area contributed by atoms with E-state index in [0.717, 1.165) is 5.56 Å². The van der Waals surface area contributed by atoms with Crippen molar-refractivity contribution in [1.29, 1.82) is 0 Å². The van der Waals surface area contributed by atoms with E-state index in [1.807, 2.05) is 62.4 Å². The molecule has 0 fully saturated rings. The second-order valence-electron chi connectivity index (χ2n) is 12.9. The number of aliphatic hydroxyl groups excluding tert-OH is 1. The van der Waals surface area contributed by atoms with Gasteiger partial charge in [-0.3, -0.25) is 24.0 Å². The zero-order valence-corrected chi connectivity index (χ0v) is 29.6. The Balaban J connectivity index is 2.29. The van der Waals surface area contributed by atoms with Gasteiger partial charge in [-0.25, -0.2) is 0 Å². The molecule has 0 aliphatic rings. The molecule has 0 aromatic heterocycles. The topological polar surface area (TPSA) is 172 Å². The van der Waals surface area contributed by atoms with Crippen LogP contribution in [-0.2, 0) is 42.9 Å². The van der Waals surface area contributed by atoms with Gasteiger partial charge in [0.2, 0.25) is 0 Å². The smallest absolute Gasteiger partial charge is 0.311 e. The van der Waals surface area contributed by atoms with Crippen LogP contribution in [0.2, 0.25) is 0 Å². The molecule has 0 aliphatic carbocycles. The minimum atomic E-state index is -1.39. The molecule has 2 rings (SSSR count). The van der Waals surface area contributed by atoms with Gasteiger partial charge in [-0.05, 0) is 63.1 Å².